The first kappa shape index (κ1) is 20.0. The third kappa shape index (κ3) is 5.36. The molecule has 1 aromatic carbocycles. The van der Waals surface area contributed by atoms with Crippen molar-refractivity contribution >= 4 is 22.1 Å². The van der Waals surface area contributed by atoms with E-state index in [1.807, 2.05) is 0 Å². The van der Waals surface area contributed by atoms with Gasteiger partial charge in [-0.2, -0.15) is 8.42 Å². The summed E-state index contributed by atoms with van der Waals surface area (Å²) in [6.07, 6.45) is 0. The Morgan fingerprint density at radius 2 is 1.71 bits per heavy atom. The Balaban J connectivity index is 0.00000400. The number of esters is 1. The summed E-state index contributed by atoms with van der Waals surface area (Å²) < 4.78 is 35.4. The van der Waals surface area contributed by atoms with Gasteiger partial charge in [-0.15, -0.1) is 0 Å². The molecule has 0 aliphatic heterocycles. The summed E-state index contributed by atoms with van der Waals surface area (Å²) in [7, 11) is -5.09. The number of carboxylic acid groups (broad SMARTS) is 1. The summed E-state index contributed by atoms with van der Waals surface area (Å²) in [5.74, 6) is -6.43. The van der Waals surface area contributed by atoms with Crippen LogP contribution in [0.2, 0.25) is 0 Å². The molecule has 21 heavy (non-hydrogen) atoms. The van der Waals surface area contributed by atoms with Gasteiger partial charge in [0.15, 0.2) is 0 Å². The molecular weight excluding hydrogens is 319 g/mol. The summed E-state index contributed by atoms with van der Waals surface area (Å²) in [6.45, 7) is 0.667. The molecule has 1 rings (SSSR count). The Kier molecular flexibility index (Phi) is 6.50. The number of carboxylic acids is 1. The van der Waals surface area contributed by atoms with Crippen molar-refractivity contribution in [1.82, 2.24) is 0 Å². The molecule has 0 fully saturated rings. The Morgan fingerprint density at radius 3 is 2.10 bits per heavy atom. The zero-order valence-electron chi connectivity index (χ0n) is 10.9. The fraction of sp³-hybridized carbons (Fsp3) is 0.200. The Labute approximate surface area is 141 Å². The maximum Gasteiger partial charge on any atom is 1.00 e. The van der Waals surface area contributed by atoms with E-state index in [-0.39, 0.29) is 29.6 Å². The van der Waals surface area contributed by atoms with E-state index in [1.165, 1.54) is 0 Å². The molecule has 0 bridgehead atoms. The molecular formula is C10H9NaO9S. The van der Waals surface area contributed by atoms with Gasteiger partial charge in [0.05, 0.1) is 11.5 Å². The van der Waals surface area contributed by atoms with Gasteiger partial charge >= 0.3 is 41.5 Å². The minimum atomic E-state index is -5.09. The standard InChI is InChI=1S/C10H10O9S.Na/c1-10(14,15)19-9(13)6-4-2-3-5(8(11)12)7(6)20(16,17)18;/h2-4,14-15H,1H3,(H,11,12)(H,16,17,18);/q;+1/p-1. The number of aliphatic hydroxyl groups is 2. The second-order valence-electron chi connectivity index (χ2n) is 3.77. The number of hydrogen-bond donors (Lipinski definition) is 3. The molecule has 0 amide bonds. The van der Waals surface area contributed by atoms with Crippen molar-refractivity contribution in [3.8, 4) is 0 Å². The number of hydrogen-bond acceptors (Lipinski definition) is 8. The van der Waals surface area contributed by atoms with Crippen LogP contribution in [0, 0.1) is 0 Å². The smallest absolute Gasteiger partial charge is 0.545 e. The molecule has 0 radical (unpaired) electrons. The van der Waals surface area contributed by atoms with Gasteiger partial charge in [-0.05, 0) is 6.07 Å². The molecule has 3 N–H and O–H groups in total. The van der Waals surface area contributed by atoms with Crippen molar-refractivity contribution in [3.05, 3.63) is 29.3 Å². The number of aromatic carboxylic acids is 1. The van der Waals surface area contributed by atoms with Crippen molar-refractivity contribution in [3.63, 3.8) is 0 Å². The third-order valence-corrected chi connectivity index (χ3v) is 2.95. The van der Waals surface area contributed by atoms with Crippen LogP contribution in [-0.4, -0.2) is 41.1 Å². The SMILES string of the molecule is CC(O)(O)OC(=O)c1cccc(C(=O)[O-])c1S(=O)(=O)O.[Na+]. The Hall–Kier alpha value is -1.01. The van der Waals surface area contributed by atoms with Crippen LogP contribution in [0.1, 0.15) is 27.6 Å². The number of rotatable bonds is 4. The molecule has 9 nitrogen and oxygen atoms in total. The number of carbonyl (C=O) groups is 2. The topological polar surface area (TPSA) is 161 Å². The molecule has 0 heterocycles. The van der Waals surface area contributed by atoms with Crippen LogP contribution >= 0.6 is 0 Å². The normalized spacial score (nSPS) is 11.4. The minimum Gasteiger partial charge on any atom is -0.545 e. The van der Waals surface area contributed by atoms with E-state index >= 15 is 0 Å². The van der Waals surface area contributed by atoms with E-state index in [4.69, 9.17) is 14.8 Å². The van der Waals surface area contributed by atoms with E-state index in [1.54, 1.807) is 0 Å². The van der Waals surface area contributed by atoms with E-state index in [9.17, 15) is 23.1 Å². The van der Waals surface area contributed by atoms with E-state index in [0.717, 1.165) is 18.2 Å². The van der Waals surface area contributed by atoms with Crippen molar-refractivity contribution < 1.29 is 72.2 Å². The molecule has 0 aliphatic carbocycles. The average molecular weight is 328 g/mol. The van der Waals surface area contributed by atoms with Gasteiger partial charge in [0.2, 0.25) is 0 Å². The van der Waals surface area contributed by atoms with Crippen LogP contribution in [0.4, 0.5) is 0 Å². The van der Waals surface area contributed by atoms with Gasteiger partial charge in [-0.25, -0.2) is 4.79 Å². The minimum absolute atomic E-state index is 0. The van der Waals surface area contributed by atoms with Crippen molar-refractivity contribution in [1.29, 1.82) is 0 Å². The molecule has 1 aromatic rings. The molecule has 0 aliphatic rings. The molecule has 0 saturated heterocycles. The predicted octanol–water partition coefficient (Wildman–Crippen LogP) is -4.88. The largest absolute Gasteiger partial charge is 1.00 e. The Bertz CT molecular complexity index is 660. The monoisotopic (exact) mass is 328 g/mol. The van der Waals surface area contributed by atoms with Crippen molar-refractivity contribution in [2.45, 2.75) is 17.8 Å². The van der Waals surface area contributed by atoms with Crippen molar-refractivity contribution in [2.75, 3.05) is 0 Å². The summed E-state index contributed by atoms with van der Waals surface area (Å²) in [6, 6.07) is 2.60. The van der Waals surface area contributed by atoms with Gasteiger partial charge in [-0.1, -0.05) is 12.1 Å². The van der Waals surface area contributed by atoms with Gasteiger partial charge < -0.3 is 24.9 Å². The van der Waals surface area contributed by atoms with Crippen LogP contribution in [-0.2, 0) is 14.9 Å². The molecule has 0 aromatic heterocycles. The van der Waals surface area contributed by atoms with Gasteiger partial charge in [0.1, 0.15) is 4.90 Å². The van der Waals surface area contributed by atoms with Gasteiger partial charge in [0, 0.05) is 12.5 Å². The number of benzene rings is 1. The zero-order valence-corrected chi connectivity index (χ0v) is 13.7. The van der Waals surface area contributed by atoms with Gasteiger partial charge in [-0.3, -0.25) is 4.55 Å². The zero-order chi connectivity index (χ0) is 15.7. The summed E-state index contributed by atoms with van der Waals surface area (Å²) in [5.41, 5.74) is -1.86. The van der Waals surface area contributed by atoms with Crippen LogP contribution in [0.25, 0.3) is 0 Å². The van der Waals surface area contributed by atoms with E-state index < -0.39 is 44.1 Å². The van der Waals surface area contributed by atoms with E-state index in [2.05, 4.69) is 4.74 Å². The van der Waals surface area contributed by atoms with Crippen LogP contribution < -0.4 is 34.7 Å². The first-order valence-electron chi connectivity index (χ1n) is 4.93. The van der Waals surface area contributed by atoms with Crippen molar-refractivity contribution in [2.24, 2.45) is 0 Å². The average Bonchev–Trinajstić information content (AvgIpc) is 2.24. The predicted molar refractivity (Wildman–Crippen MR) is 58.8 cm³/mol. The van der Waals surface area contributed by atoms with E-state index in [0.29, 0.717) is 6.92 Å². The summed E-state index contributed by atoms with van der Waals surface area (Å²) in [5, 5.41) is 28.6. The summed E-state index contributed by atoms with van der Waals surface area (Å²) >= 11 is 0. The van der Waals surface area contributed by atoms with Crippen LogP contribution in [0.15, 0.2) is 23.1 Å². The molecule has 0 saturated carbocycles. The number of ether oxygens (including phenoxy) is 1. The first-order chi connectivity index (χ1) is 8.93. The maximum atomic E-state index is 11.6. The fourth-order valence-corrected chi connectivity index (χ4v) is 2.23. The first-order valence-corrected chi connectivity index (χ1v) is 6.37. The van der Waals surface area contributed by atoms with Crippen LogP contribution in [0.5, 0.6) is 0 Å². The Morgan fingerprint density at radius 1 is 1.24 bits per heavy atom. The van der Waals surface area contributed by atoms with Crippen LogP contribution in [0.3, 0.4) is 0 Å². The molecule has 0 atom stereocenters. The molecule has 11 heteroatoms. The quantitative estimate of drug-likeness (QED) is 0.213. The second kappa shape index (κ2) is 6.83. The number of carbonyl (C=O) groups excluding carboxylic acids is 2. The molecule has 110 valence electrons. The molecule has 0 spiro atoms. The third-order valence-electron chi connectivity index (χ3n) is 2.00. The maximum absolute atomic E-state index is 11.6. The van der Waals surface area contributed by atoms with Gasteiger partial charge in [0.25, 0.3) is 10.1 Å². The second-order valence-corrected chi connectivity index (χ2v) is 5.13. The fourth-order valence-electron chi connectivity index (χ4n) is 1.37. The summed E-state index contributed by atoms with van der Waals surface area (Å²) in [4.78, 5) is 21.1. The molecule has 0 unspecified atom stereocenters.